The van der Waals surface area contributed by atoms with Crippen molar-refractivity contribution in [2.24, 2.45) is 5.84 Å². The lowest BCUT2D eigenvalue weighted by Gasteiger charge is -2.18. The van der Waals surface area contributed by atoms with Crippen molar-refractivity contribution in [2.45, 2.75) is 13.8 Å². The Morgan fingerprint density at radius 2 is 2.07 bits per heavy atom. The first-order valence-electron chi connectivity index (χ1n) is 4.38. The second-order valence-corrected chi connectivity index (χ2v) is 3.30. The van der Waals surface area contributed by atoms with Crippen molar-refractivity contribution in [2.75, 3.05) is 11.9 Å². The Balaban J connectivity index is 3.01. The number of nitrogens with one attached hydrogen (secondary N) is 1. The molecule has 4 heteroatoms. The maximum atomic E-state index is 11.2. The summed E-state index contributed by atoms with van der Waals surface area (Å²) in [6.45, 7) is 3.97. The minimum Gasteiger partial charge on any atom is -0.296 e. The van der Waals surface area contributed by atoms with E-state index in [4.69, 9.17) is 5.84 Å². The van der Waals surface area contributed by atoms with E-state index in [0.29, 0.717) is 0 Å². The van der Waals surface area contributed by atoms with E-state index in [1.165, 1.54) is 10.5 Å². The fourth-order valence-electron chi connectivity index (χ4n) is 1.39. The molecule has 0 aromatic heterocycles. The molecule has 0 spiro atoms. The maximum Gasteiger partial charge on any atom is 0.335 e. The minimum atomic E-state index is -0.322. The van der Waals surface area contributed by atoms with E-state index in [0.717, 1.165) is 11.3 Å². The molecule has 0 fully saturated rings. The first-order valence-corrected chi connectivity index (χ1v) is 4.38. The average molecular weight is 193 g/mol. The summed E-state index contributed by atoms with van der Waals surface area (Å²) in [5.41, 5.74) is 5.18. The van der Waals surface area contributed by atoms with Crippen molar-refractivity contribution < 1.29 is 4.79 Å². The smallest absolute Gasteiger partial charge is 0.296 e. The number of hydrogen-bond donors (Lipinski definition) is 2. The number of carbonyl (C=O) groups excluding carboxylic acids is 1. The second-order valence-electron chi connectivity index (χ2n) is 3.30. The molecule has 0 heterocycles. The third kappa shape index (κ3) is 2.03. The number of anilines is 1. The normalized spacial score (nSPS) is 9.71. The molecule has 3 N–H and O–H groups in total. The van der Waals surface area contributed by atoms with Crippen LogP contribution in [0, 0.1) is 13.8 Å². The van der Waals surface area contributed by atoms with Gasteiger partial charge in [0.1, 0.15) is 0 Å². The van der Waals surface area contributed by atoms with E-state index in [2.05, 4.69) is 5.43 Å². The molecule has 0 saturated carbocycles. The Morgan fingerprint density at radius 1 is 1.43 bits per heavy atom. The van der Waals surface area contributed by atoms with Crippen molar-refractivity contribution in [3.8, 4) is 0 Å². The van der Waals surface area contributed by atoms with E-state index in [9.17, 15) is 4.79 Å². The largest absolute Gasteiger partial charge is 0.335 e. The lowest BCUT2D eigenvalue weighted by Crippen LogP contribution is -2.41. The fourth-order valence-corrected chi connectivity index (χ4v) is 1.39. The molecule has 4 nitrogen and oxygen atoms in total. The SMILES string of the molecule is Cc1ccc(N(C)C(=O)NN)c(C)c1. The van der Waals surface area contributed by atoms with Gasteiger partial charge in [-0.25, -0.2) is 10.6 Å². The monoisotopic (exact) mass is 193 g/mol. The van der Waals surface area contributed by atoms with Crippen molar-refractivity contribution in [1.82, 2.24) is 5.43 Å². The van der Waals surface area contributed by atoms with Crippen molar-refractivity contribution in [3.05, 3.63) is 29.3 Å². The molecule has 1 aromatic rings. The van der Waals surface area contributed by atoms with Crippen LogP contribution < -0.4 is 16.2 Å². The number of nitrogens with two attached hydrogens (primary N) is 1. The van der Waals surface area contributed by atoms with Gasteiger partial charge in [-0.15, -0.1) is 0 Å². The molecular formula is C10H15N3O. The zero-order chi connectivity index (χ0) is 10.7. The van der Waals surface area contributed by atoms with Crippen molar-refractivity contribution in [3.63, 3.8) is 0 Å². The number of hydrogen-bond acceptors (Lipinski definition) is 2. The van der Waals surface area contributed by atoms with Crippen LogP contribution in [0.5, 0.6) is 0 Å². The summed E-state index contributed by atoms with van der Waals surface area (Å²) in [5, 5.41) is 0. The van der Waals surface area contributed by atoms with Gasteiger partial charge < -0.3 is 0 Å². The summed E-state index contributed by atoms with van der Waals surface area (Å²) in [7, 11) is 1.68. The van der Waals surface area contributed by atoms with Crippen LogP contribution in [0.2, 0.25) is 0 Å². The zero-order valence-corrected chi connectivity index (χ0v) is 8.66. The molecule has 2 amide bonds. The van der Waals surface area contributed by atoms with Gasteiger partial charge in [-0.3, -0.25) is 10.3 Å². The second kappa shape index (κ2) is 4.11. The predicted molar refractivity (Wildman–Crippen MR) is 57.0 cm³/mol. The van der Waals surface area contributed by atoms with Crippen LogP contribution in [0.1, 0.15) is 11.1 Å². The van der Waals surface area contributed by atoms with Crippen molar-refractivity contribution in [1.29, 1.82) is 0 Å². The van der Waals surface area contributed by atoms with Crippen LogP contribution in [-0.2, 0) is 0 Å². The van der Waals surface area contributed by atoms with E-state index in [-0.39, 0.29) is 6.03 Å². The van der Waals surface area contributed by atoms with Crippen molar-refractivity contribution >= 4 is 11.7 Å². The number of hydrazine groups is 1. The van der Waals surface area contributed by atoms with E-state index in [1.54, 1.807) is 7.05 Å². The molecule has 0 saturated heterocycles. The fraction of sp³-hybridized carbons (Fsp3) is 0.300. The first-order chi connectivity index (χ1) is 6.56. The van der Waals surface area contributed by atoms with Gasteiger partial charge in [-0.2, -0.15) is 0 Å². The highest BCUT2D eigenvalue weighted by Crippen LogP contribution is 2.19. The molecule has 1 aromatic carbocycles. The van der Waals surface area contributed by atoms with Gasteiger partial charge in [0.05, 0.1) is 0 Å². The lowest BCUT2D eigenvalue weighted by molar-refractivity contribution is 0.247. The third-order valence-corrected chi connectivity index (χ3v) is 2.14. The Bertz CT molecular complexity index is 349. The number of amides is 2. The summed E-state index contributed by atoms with van der Waals surface area (Å²) in [4.78, 5) is 12.7. The number of benzene rings is 1. The summed E-state index contributed by atoms with van der Waals surface area (Å²) in [6, 6.07) is 5.56. The van der Waals surface area contributed by atoms with Gasteiger partial charge in [0.25, 0.3) is 0 Å². The topological polar surface area (TPSA) is 58.4 Å². The standard InChI is InChI=1S/C10H15N3O/c1-7-4-5-9(8(2)6-7)13(3)10(14)12-11/h4-6H,11H2,1-3H3,(H,12,14). The summed E-state index contributed by atoms with van der Waals surface area (Å²) < 4.78 is 0. The average Bonchev–Trinajstić information content (AvgIpc) is 2.15. The molecule has 0 aliphatic carbocycles. The summed E-state index contributed by atoms with van der Waals surface area (Å²) >= 11 is 0. The number of aryl methyl sites for hydroxylation is 2. The highest BCUT2D eigenvalue weighted by atomic mass is 16.2. The van der Waals surface area contributed by atoms with Gasteiger partial charge in [0.15, 0.2) is 0 Å². The number of carbonyl (C=O) groups is 1. The Kier molecular flexibility index (Phi) is 3.09. The van der Waals surface area contributed by atoms with Crippen LogP contribution in [0.4, 0.5) is 10.5 Å². The summed E-state index contributed by atoms with van der Waals surface area (Å²) in [5.74, 6) is 5.05. The van der Waals surface area contributed by atoms with Crippen LogP contribution in [0.3, 0.4) is 0 Å². The maximum absolute atomic E-state index is 11.2. The van der Waals surface area contributed by atoms with Gasteiger partial charge in [0.2, 0.25) is 0 Å². The first kappa shape index (κ1) is 10.5. The molecule has 0 aliphatic rings. The lowest BCUT2D eigenvalue weighted by atomic mass is 10.1. The summed E-state index contributed by atoms with van der Waals surface area (Å²) in [6.07, 6.45) is 0. The molecular weight excluding hydrogens is 178 g/mol. The number of nitrogens with zero attached hydrogens (tertiary/aromatic N) is 1. The third-order valence-electron chi connectivity index (χ3n) is 2.14. The van der Waals surface area contributed by atoms with E-state index >= 15 is 0 Å². The molecule has 0 unspecified atom stereocenters. The zero-order valence-electron chi connectivity index (χ0n) is 8.66. The molecule has 76 valence electrons. The molecule has 0 aliphatic heterocycles. The number of urea groups is 1. The van der Waals surface area contributed by atoms with Crippen LogP contribution in [-0.4, -0.2) is 13.1 Å². The molecule has 0 radical (unpaired) electrons. The highest BCUT2D eigenvalue weighted by molar-refractivity contribution is 5.91. The van der Waals surface area contributed by atoms with Crippen LogP contribution in [0.25, 0.3) is 0 Å². The van der Waals surface area contributed by atoms with Crippen LogP contribution >= 0.6 is 0 Å². The molecule has 14 heavy (non-hydrogen) atoms. The van der Waals surface area contributed by atoms with E-state index < -0.39 is 0 Å². The van der Waals surface area contributed by atoms with E-state index in [1.807, 2.05) is 32.0 Å². The van der Waals surface area contributed by atoms with Gasteiger partial charge in [0, 0.05) is 12.7 Å². The van der Waals surface area contributed by atoms with Crippen LogP contribution in [0.15, 0.2) is 18.2 Å². The number of rotatable bonds is 1. The van der Waals surface area contributed by atoms with Gasteiger partial charge in [-0.1, -0.05) is 17.7 Å². The molecule has 0 atom stereocenters. The minimum absolute atomic E-state index is 0.322. The van der Waals surface area contributed by atoms with Gasteiger partial charge >= 0.3 is 6.03 Å². The Hall–Kier alpha value is -1.55. The van der Waals surface area contributed by atoms with Gasteiger partial charge in [-0.05, 0) is 25.5 Å². The Labute approximate surface area is 83.7 Å². The molecule has 0 bridgehead atoms. The predicted octanol–water partition coefficient (Wildman–Crippen LogP) is 1.32. The Morgan fingerprint density at radius 3 is 2.57 bits per heavy atom. The highest BCUT2D eigenvalue weighted by Gasteiger charge is 2.10. The molecule has 1 rings (SSSR count). The quantitative estimate of drug-likeness (QED) is 0.401.